The highest BCUT2D eigenvalue weighted by molar-refractivity contribution is 6.30. The molecule has 0 saturated carbocycles. The predicted molar refractivity (Wildman–Crippen MR) is 117 cm³/mol. The SMILES string of the molecule is Cc1ccccc1CN1CCN(C(=O)c2ccn(COc3ccc(F)c(Cl)c3)n2)CC1. The number of benzene rings is 2. The molecule has 2 aromatic carbocycles. The molecule has 0 radical (unpaired) electrons. The van der Waals surface area contributed by atoms with E-state index in [1.807, 2.05) is 4.90 Å². The number of carbonyl (C=O) groups is 1. The maximum Gasteiger partial charge on any atom is 0.274 e. The van der Waals surface area contributed by atoms with E-state index >= 15 is 0 Å². The highest BCUT2D eigenvalue weighted by Crippen LogP contribution is 2.21. The molecule has 6 nitrogen and oxygen atoms in total. The summed E-state index contributed by atoms with van der Waals surface area (Å²) in [6, 6.07) is 14.2. The van der Waals surface area contributed by atoms with Gasteiger partial charge in [0.25, 0.3) is 5.91 Å². The van der Waals surface area contributed by atoms with E-state index in [-0.39, 0.29) is 17.7 Å². The lowest BCUT2D eigenvalue weighted by Crippen LogP contribution is -2.48. The van der Waals surface area contributed by atoms with Crippen LogP contribution in [0.5, 0.6) is 5.75 Å². The van der Waals surface area contributed by atoms with Crippen LogP contribution in [0, 0.1) is 12.7 Å². The third-order valence-electron chi connectivity index (χ3n) is 5.43. The zero-order chi connectivity index (χ0) is 21.8. The molecule has 0 aliphatic carbocycles. The first-order valence-corrected chi connectivity index (χ1v) is 10.5. The van der Waals surface area contributed by atoms with Crippen LogP contribution in [0.15, 0.2) is 54.7 Å². The van der Waals surface area contributed by atoms with Crippen LogP contribution >= 0.6 is 11.6 Å². The zero-order valence-electron chi connectivity index (χ0n) is 17.3. The summed E-state index contributed by atoms with van der Waals surface area (Å²) >= 11 is 5.76. The first-order valence-electron chi connectivity index (χ1n) is 10.2. The molecule has 2 heterocycles. The first-order chi connectivity index (χ1) is 15.0. The van der Waals surface area contributed by atoms with Crippen molar-refractivity contribution >= 4 is 17.5 Å². The Balaban J connectivity index is 1.29. The average Bonchev–Trinajstić information content (AvgIpc) is 3.25. The van der Waals surface area contributed by atoms with Gasteiger partial charge in [-0.2, -0.15) is 5.10 Å². The summed E-state index contributed by atoms with van der Waals surface area (Å²) < 4.78 is 20.3. The highest BCUT2D eigenvalue weighted by Gasteiger charge is 2.24. The summed E-state index contributed by atoms with van der Waals surface area (Å²) in [6.07, 6.45) is 1.69. The fourth-order valence-electron chi connectivity index (χ4n) is 3.55. The van der Waals surface area contributed by atoms with Crippen molar-refractivity contribution in [2.24, 2.45) is 0 Å². The summed E-state index contributed by atoms with van der Waals surface area (Å²) in [5.74, 6) is -0.154. The monoisotopic (exact) mass is 442 g/mol. The van der Waals surface area contributed by atoms with Crippen LogP contribution < -0.4 is 4.74 Å². The maximum atomic E-state index is 13.2. The molecule has 8 heteroatoms. The number of rotatable bonds is 6. The van der Waals surface area contributed by atoms with E-state index in [4.69, 9.17) is 16.3 Å². The van der Waals surface area contributed by atoms with Gasteiger partial charge in [-0.25, -0.2) is 9.07 Å². The molecule has 0 N–H and O–H groups in total. The summed E-state index contributed by atoms with van der Waals surface area (Å²) in [6.45, 7) is 6.11. The minimum absolute atomic E-state index is 0.00426. The van der Waals surface area contributed by atoms with Gasteiger partial charge in [0.2, 0.25) is 0 Å². The molecule has 1 amide bonds. The zero-order valence-corrected chi connectivity index (χ0v) is 18.1. The van der Waals surface area contributed by atoms with E-state index in [0.717, 1.165) is 19.6 Å². The molecule has 1 fully saturated rings. The predicted octanol–water partition coefficient (Wildman–Crippen LogP) is 3.98. The number of amides is 1. The summed E-state index contributed by atoms with van der Waals surface area (Å²) in [5, 5.41) is 4.31. The van der Waals surface area contributed by atoms with Gasteiger partial charge in [-0.15, -0.1) is 0 Å². The highest BCUT2D eigenvalue weighted by atomic mass is 35.5. The van der Waals surface area contributed by atoms with Crippen molar-refractivity contribution in [3.8, 4) is 5.75 Å². The molecular formula is C23H24ClFN4O2. The Morgan fingerprint density at radius 3 is 2.65 bits per heavy atom. The van der Waals surface area contributed by atoms with Crippen LogP contribution in [0.4, 0.5) is 4.39 Å². The second-order valence-electron chi connectivity index (χ2n) is 7.58. The molecule has 1 aliphatic rings. The molecule has 1 aliphatic heterocycles. The quantitative estimate of drug-likeness (QED) is 0.579. The molecule has 0 unspecified atom stereocenters. The van der Waals surface area contributed by atoms with E-state index in [1.165, 1.54) is 34.0 Å². The molecule has 1 aromatic heterocycles. The Labute approximate surface area is 185 Å². The fraction of sp³-hybridized carbons (Fsp3) is 0.304. The Hall–Kier alpha value is -2.90. The van der Waals surface area contributed by atoms with Gasteiger partial charge in [0.15, 0.2) is 12.4 Å². The van der Waals surface area contributed by atoms with Gasteiger partial charge in [-0.05, 0) is 36.2 Å². The van der Waals surface area contributed by atoms with E-state index < -0.39 is 5.82 Å². The van der Waals surface area contributed by atoms with Gasteiger partial charge in [0.05, 0.1) is 5.02 Å². The van der Waals surface area contributed by atoms with Crippen molar-refractivity contribution in [3.63, 3.8) is 0 Å². The average molecular weight is 443 g/mol. The lowest BCUT2D eigenvalue weighted by Gasteiger charge is -2.34. The van der Waals surface area contributed by atoms with E-state index in [0.29, 0.717) is 24.5 Å². The van der Waals surface area contributed by atoms with Crippen molar-refractivity contribution in [1.82, 2.24) is 19.6 Å². The number of hydrogen-bond donors (Lipinski definition) is 0. The molecular weight excluding hydrogens is 419 g/mol. The first kappa shape index (κ1) is 21.3. The van der Waals surface area contributed by atoms with E-state index in [9.17, 15) is 9.18 Å². The topological polar surface area (TPSA) is 50.6 Å². The second kappa shape index (κ2) is 9.49. The number of piperazine rings is 1. The third kappa shape index (κ3) is 5.24. The molecule has 4 rings (SSSR count). The Bertz CT molecular complexity index is 1060. The summed E-state index contributed by atoms with van der Waals surface area (Å²) in [7, 11) is 0. The van der Waals surface area contributed by atoms with Crippen molar-refractivity contribution in [3.05, 3.63) is 82.4 Å². The van der Waals surface area contributed by atoms with Gasteiger partial charge in [-0.1, -0.05) is 35.9 Å². The number of nitrogens with zero attached hydrogens (tertiary/aromatic N) is 4. The van der Waals surface area contributed by atoms with Gasteiger partial charge < -0.3 is 9.64 Å². The van der Waals surface area contributed by atoms with Crippen LogP contribution in [0.3, 0.4) is 0 Å². The molecule has 31 heavy (non-hydrogen) atoms. The summed E-state index contributed by atoms with van der Waals surface area (Å²) in [4.78, 5) is 17.0. The van der Waals surface area contributed by atoms with Crippen LogP contribution in [0.1, 0.15) is 21.6 Å². The molecule has 3 aromatic rings. The van der Waals surface area contributed by atoms with Crippen LogP contribution in [0.2, 0.25) is 5.02 Å². The summed E-state index contributed by atoms with van der Waals surface area (Å²) in [5.41, 5.74) is 2.99. The van der Waals surface area contributed by atoms with Crippen molar-refractivity contribution in [1.29, 1.82) is 0 Å². The number of halogens is 2. The normalized spacial score (nSPS) is 14.6. The number of aryl methyl sites for hydroxylation is 1. The third-order valence-corrected chi connectivity index (χ3v) is 5.72. The number of ether oxygens (including phenoxy) is 1. The van der Waals surface area contributed by atoms with Crippen LogP contribution in [-0.2, 0) is 13.3 Å². The minimum atomic E-state index is -0.500. The largest absolute Gasteiger partial charge is 0.471 e. The minimum Gasteiger partial charge on any atom is -0.471 e. The standard InChI is InChI=1S/C23H24ClFN4O2/c1-17-4-2-3-5-18(17)15-27-10-12-28(13-11-27)23(30)22-8-9-29(26-22)16-31-19-6-7-21(25)20(24)14-19/h2-9,14H,10-13,15-16H2,1H3. The number of hydrogen-bond acceptors (Lipinski definition) is 4. The fourth-order valence-corrected chi connectivity index (χ4v) is 3.72. The van der Waals surface area contributed by atoms with Crippen LogP contribution in [-0.4, -0.2) is 51.7 Å². The molecule has 0 bridgehead atoms. The molecule has 0 spiro atoms. The Morgan fingerprint density at radius 2 is 1.90 bits per heavy atom. The lowest BCUT2D eigenvalue weighted by atomic mass is 10.1. The van der Waals surface area contributed by atoms with Gasteiger partial charge >= 0.3 is 0 Å². The van der Waals surface area contributed by atoms with Gasteiger partial charge in [0.1, 0.15) is 11.6 Å². The molecule has 1 saturated heterocycles. The molecule has 162 valence electrons. The van der Waals surface area contributed by atoms with Gasteiger partial charge in [0, 0.05) is 45.0 Å². The lowest BCUT2D eigenvalue weighted by molar-refractivity contribution is 0.0620. The molecule has 0 atom stereocenters. The maximum absolute atomic E-state index is 13.2. The number of carbonyl (C=O) groups excluding carboxylic acids is 1. The van der Waals surface area contributed by atoms with E-state index in [2.05, 4.69) is 41.2 Å². The van der Waals surface area contributed by atoms with Crippen LogP contribution in [0.25, 0.3) is 0 Å². The smallest absolute Gasteiger partial charge is 0.274 e. The number of aromatic nitrogens is 2. The van der Waals surface area contributed by atoms with Gasteiger partial charge in [-0.3, -0.25) is 9.69 Å². The van der Waals surface area contributed by atoms with Crippen molar-refractivity contribution in [2.75, 3.05) is 26.2 Å². The van der Waals surface area contributed by atoms with Crippen molar-refractivity contribution < 1.29 is 13.9 Å². The van der Waals surface area contributed by atoms with E-state index in [1.54, 1.807) is 12.3 Å². The second-order valence-corrected chi connectivity index (χ2v) is 7.99. The Morgan fingerprint density at radius 1 is 1.13 bits per heavy atom. The Kier molecular flexibility index (Phi) is 6.53. The van der Waals surface area contributed by atoms with Crippen molar-refractivity contribution in [2.45, 2.75) is 20.2 Å².